The Labute approximate surface area is 170 Å². The average Bonchev–Trinajstić information content (AvgIpc) is 3.31. The Morgan fingerprint density at radius 1 is 1.31 bits per heavy atom. The number of nitrogens with one attached hydrogen (secondary N) is 1. The Balaban J connectivity index is 0.000000370. The molecule has 6 nitrogen and oxygen atoms in total. The number of likely N-dealkylation sites (N-methyl/N-ethyl adjacent to an activating group) is 2. The van der Waals surface area contributed by atoms with Crippen molar-refractivity contribution < 1.29 is 23.1 Å². The molecule has 3 rings (SSSR count). The molecule has 1 spiro atoms. The van der Waals surface area contributed by atoms with E-state index in [9.17, 15) is 13.2 Å². The lowest BCUT2D eigenvalue weighted by molar-refractivity contribution is -0.192. The van der Waals surface area contributed by atoms with Gasteiger partial charge in [0.05, 0.1) is 11.7 Å². The number of carboxylic acid groups (broad SMARTS) is 1. The molecular formula is C20H33F3N4O2. The third-order valence-electron chi connectivity index (χ3n) is 6.20. The van der Waals surface area contributed by atoms with Crippen LogP contribution in [-0.4, -0.2) is 59.1 Å². The maximum atomic E-state index is 10.6. The molecule has 2 saturated carbocycles. The molecule has 1 aromatic rings. The summed E-state index contributed by atoms with van der Waals surface area (Å²) < 4.78 is 34.1. The number of rotatable bonds is 6. The van der Waals surface area contributed by atoms with Gasteiger partial charge in [0, 0.05) is 25.8 Å². The van der Waals surface area contributed by atoms with E-state index in [0.29, 0.717) is 11.5 Å². The Hall–Kier alpha value is -1.61. The second kappa shape index (κ2) is 10.4. The summed E-state index contributed by atoms with van der Waals surface area (Å²) in [5.41, 5.74) is 2.10. The van der Waals surface area contributed by atoms with Crippen LogP contribution in [0.25, 0.3) is 0 Å². The van der Waals surface area contributed by atoms with E-state index in [1.807, 2.05) is 13.2 Å². The number of hydrogen-bond acceptors (Lipinski definition) is 4. The van der Waals surface area contributed by atoms with Crippen LogP contribution in [0.1, 0.15) is 63.1 Å². The summed E-state index contributed by atoms with van der Waals surface area (Å²) in [6, 6.07) is 2.84. The van der Waals surface area contributed by atoms with Crippen LogP contribution in [0.15, 0.2) is 12.3 Å². The highest BCUT2D eigenvalue weighted by Gasteiger charge is 2.39. The highest BCUT2D eigenvalue weighted by molar-refractivity contribution is 5.73. The molecule has 0 radical (unpaired) electrons. The first-order valence-electron chi connectivity index (χ1n) is 10.3. The lowest BCUT2D eigenvalue weighted by Gasteiger charge is -2.38. The molecule has 9 heteroatoms. The first kappa shape index (κ1) is 23.7. The van der Waals surface area contributed by atoms with Gasteiger partial charge in [-0.15, -0.1) is 0 Å². The van der Waals surface area contributed by atoms with Crippen molar-refractivity contribution in [2.45, 2.75) is 70.1 Å². The fourth-order valence-electron chi connectivity index (χ4n) is 4.54. The summed E-state index contributed by atoms with van der Waals surface area (Å²) >= 11 is 0. The van der Waals surface area contributed by atoms with E-state index in [1.54, 1.807) is 0 Å². The topological polar surface area (TPSA) is 70.4 Å². The van der Waals surface area contributed by atoms with Gasteiger partial charge in [-0.1, -0.05) is 12.8 Å². The van der Waals surface area contributed by atoms with Crippen LogP contribution in [-0.2, 0) is 11.3 Å². The van der Waals surface area contributed by atoms with Gasteiger partial charge in [0.15, 0.2) is 0 Å². The number of aromatic nitrogens is 2. The molecule has 0 unspecified atom stereocenters. The minimum atomic E-state index is -5.08. The largest absolute Gasteiger partial charge is 0.490 e. The van der Waals surface area contributed by atoms with Crippen molar-refractivity contribution >= 4 is 5.97 Å². The lowest BCUT2D eigenvalue weighted by Crippen LogP contribution is -2.30. The number of nitrogens with zero attached hydrogens (tertiary/aromatic N) is 3. The van der Waals surface area contributed by atoms with Crippen molar-refractivity contribution in [2.24, 2.45) is 5.41 Å². The van der Waals surface area contributed by atoms with Crippen molar-refractivity contribution in [3.8, 4) is 0 Å². The Morgan fingerprint density at radius 3 is 2.41 bits per heavy atom. The van der Waals surface area contributed by atoms with Crippen LogP contribution >= 0.6 is 0 Å². The smallest absolute Gasteiger partial charge is 0.475 e. The molecule has 1 heterocycles. The zero-order chi connectivity index (χ0) is 21.5. The highest BCUT2D eigenvalue weighted by Crippen LogP contribution is 2.51. The van der Waals surface area contributed by atoms with Gasteiger partial charge in [0.1, 0.15) is 0 Å². The van der Waals surface area contributed by atoms with Gasteiger partial charge in [-0.3, -0.25) is 9.58 Å². The van der Waals surface area contributed by atoms with Crippen molar-refractivity contribution in [3.05, 3.63) is 18.0 Å². The second-order valence-electron chi connectivity index (χ2n) is 8.35. The zero-order valence-electron chi connectivity index (χ0n) is 17.3. The minimum absolute atomic E-state index is 0.633. The van der Waals surface area contributed by atoms with Crippen LogP contribution in [0.5, 0.6) is 0 Å². The summed E-state index contributed by atoms with van der Waals surface area (Å²) in [4.78, 5) is 11.3. The van der Waals surface area contributed by atoms with Gasteiger partial charge >= 0.3 is 12.1 Å². The van der Waals surface area contributed by atoms with E-state index in [-0.39, 0.29) is 0 Å². The van der Waals surface area contributed by atoms with Gasteiger partial charge in [0.25, 0.3) is 0 Å². The van der Waals surface area contributed by atoms with E-state index in [2.05, 4.69) is 33.1 Å². The van der Waals surface area contributed by atoms with E-state index in [4.69, 9.17) is 9.90 Å². The quantitative estimate of drug-likeness (QED) is 0.735. The summed E-state index contributed by atoms with van der Waals surface area (Å²) in [6.07, 6.45) is 8.31. The Bertz CT molecular complexity index is 632. The van der Waals surface area contributed by atoms with Crippen molar-refractivity contribution in [1.82, 2.24) is 20.0 Å². The van der Waals surface area contributed by atoms with Crippen LogP contribution in [0.2, 0.25) is 0 Å². The summed E-state index contributed by atoms with van der Waals surface area (Å²) in [7, 11) is 4.21. The maximum Gasteiger partial charge on any atom is 0.490 e. The molecule has 0 aliphatic heterocycles. The van der Waals surface area contributed by atoms with Crippen LogP contribution in [0.3, 0.4) is 0 Å². The molecule has 2 aliphatic rings. The second-order valence-corrected chi connectivity index (χ2v) is 8.35. The molecule has 2 aliphatic carbocycles. The monoisotopic (exact) mass is 418 g/mol. The summed E-state index contributed by atoms with van der Waals surface area (Å²) in [5, 5.41) is 15.0. The number of hydrogen-bond donors (Lipinski definition) is 2. The molecule has 0 aromatic carbocycles. The van der Waals surface area contributed by atoms with Gasteiger partial charge < -0.3 is 10.4 Å². The number of carboxylic acids is 1. The maximum absolute atomic E-state index is 10.6. The van der Waals surface area contributed by atoms with Crippen molar-refractivity contribution in [1.29, 1.82) is 0 Å². The molecular weight excluding hydrogens is 385 g/mol. The SMILES string of the molecule is CNCCN(C)Cc1ccnn1C1CCC2(CCCC2)CC1.O=C(O)C(F)(F)F. The average molecular weight is 419 g/mol. The van der Waals surface area contributed by atoms with Crippen molar-refractivity contribution in [2.75, 3.05) is 27.2 Å². The fourth-order valence-corrected chi connectivity index (χ4v) is 4.54. The van der Waals surface area contributed by atoms with Gasteiger partial charge in [-0.25, -0.2) is 4.79 Å². The third kappa shape index (κ3) is 6.99. The molecule has 166 valence electrons. The minimum Gasteiger partial charge on any atom is -0.475 e. The third-order valence-corrected chi connectivity index (χ3v) is 6.20. The molecule has 1 aromatic heterocycles. The number of carbonyl (C=O) groups is 1. The standard InChI is InChI=1S/C18H32N4.C2HF3O2/c1-19-13-14-21(2)15-17-7-12-20-22(17)16-5-10-18(11-6-16)8-3-4-9-18;3-2(4,5)1(6)7/h7,12,16,19H,3-6,8-11,13-15H2,1-2H3;(H,6,7). The predicted molar refractivity (Wildman–Crippen MR) is 105 cm³/mol. The highest BCUT2D eigenvalue weighted by atomic mass is 19.4. The Kier molecular flexibility index (Phi) is 8.51. The first-order chi connectivity index (χ1) is 13.7. The predicted octanol–water partition coefficient (Wildman–Crippen LogP) is 3.84. The van der Waals surface area contributed by atoms with E-state index in [1.165, 1.54) is 57.1 Å². The van der Waals surface area contributed by atoms with Crippen LogP contribution < -0.4 is 5.32 Å². The van der Waals surface area contributed by atoms with Gasteiger partial charge in [0.2, 0.25) is 0 Å². The number of halogens is 3. The van der Waals surface area contributed by atoms with Crippen LogP contribution in [0, 0.1) is 5.41 Å². The molecule has 2 fully saturated rings. The zero-order valence-corrected chi connectivity index (χ0v) is 17.3. The van der Waals surface area contributed by atoms with E-state index < -0.39 is 12.1 Å². The van der Waals surface area contributed by atoms with Gasteiger partial charge in [-0.05, 0) is 64.1 Å². The van der Waals surface area contributed by atoms with E-state index >= 15 is 0 Å². The molecule has 0 saturated heterocycles. The normalized spacial score (nSPS) is 19.4. The molecule has 0 amide bonds. The van der Waals surface area contributed by atoms with Gasteiger partial charge in [-0.2, -0.15) is 18.3 Å². The molecule has 2 N–H and O–H groups in total. The number of aliphatic carboxylic acids is 1. The Morgan fingerprint density at radius 2 is 1.90 bits per heavy atom. The fraction of sp³-hybridized carbons (Fsp3) is 0.800. The molecule has 0 bridgehead atoms. The van der Waals surface area contributed by atoms with Crippen molar-refractivity contribution in [3.63, 3.8) is 0 Å². The molecule has 29 heavy (non-hydrogen) atoms. The summed E-state index contributed by atoms with van der Waals surface area (Å²) in [5.74, 6) is -2.76. The summed E-state index contributed by atoms with van der Waals surface area (Å²) in [6.45, 7) is 3.12. The first-order valence-corrected chi connectivity index (χ1v) is 10.3. The molecule has 0 atom stereocenters. The number of alkyl halides is 3. The lowest BCUT2D eigenvalue weighted by atomic mass is 9.71. The van der Waals surface area contributed by atoms with Crippen LogP contribution in [0.4, 0.5) is 13.2 Å². The van der Waals surface area contributed by atoms with E-state index in [0.717, 1.165) is 19.6 Å².